The van der Waals surface area contributed by atoms with Crippen molar-refractivity contribution in [1.82, 2.24) is 24.3 Å². The molecule has 1 atom stereocenters. The van der Waals surface area contributed by atoms with E-state index in [1.54, 1.807) is 11.3 Å². The van der Waals surface area contributed by atoms with E-state index in [1.165, 1.54) is 18.5 Å². The lowest BCUT2D eigenvalue weighted by atomic mass is 9.95. The zero-order chi connectivity index (χ0) is 15.8. The first-order valence-corrected chi connectivity index (χ1v) is 9.00. The predicted octanol–water partition coefficient (Wildman–Crippen LogP) is 3.18. The molecule has 0 N–H and O–H groups in total. The van der Waals surface area contributed by atoms with Gasteiger partial charge in [0.1, 0.15) is 0 Å². The summed E-state index contributed by atoms with van der Waals surface area (Å²) in [6, 6.07) is 0. The summed E-state index contributed by atoms with van der Waals surface area (Å²) in [5.41, 5.74) is 4.61. The molecular formula is C17H21N5S. The minimum Gasteiger partial charge on any atom is -0.297 e. The second-order valence-electron chi connectivity index (χ2n) is 6.36. The number of likely N-dealkylation sites (tertiary alicyclic amines) is 1. The van der Waals surface area contributed by atoms with Crippen molar-refractivity contribution in [3.63, 3.8) is 0 Å². The van der Waals surface area contributed by atoms with Crippen molar-refractivity contribution in [2.75, 3.05) is 13.1 Å². The van der Waals surface area contributed by atoms with E-state index in [2.05, 4.69) is 42.8 Å². The Hall–Kier alpha value is -1.79. The number of rotatable bonds is 3. The molecule has 0 saturated carbocycles. The predicted molar refractivity (Wildman–Crippen MR) is 91.8 cm³/mol. The topological polar surface area (TPSA) is 46.3 Å². The van der Waals surface area contributed by atoms with Gasteiger partial charge in [0, 0.05) is 43.0 Å². The smallest absolute Gasteiger partial charge is 0.194 e. The molecule has 120 valence electrons. The summed E-state index contributed by atoms with van der Waals surface area (Å²) in [6.07, 6.45) is 8.30. The molecule has 0 amide bonds. The third kappa shape index (κ3) is 2.88. The molecule has 0 radical (unpaired) electrons. The van der Waals surface area contributed by atoms with Crippen LogP contribution in [0.25, 0.3) is 4.96 Å². The first kappa shape index (κ1) is 14.8. The van der Waals surface area contributed by atoms with Crippen LogP contribution < -0.4 is 0 Å². The molecule has 4 heterocycles. The Kier molecular flexibility index (Phi) is 3.87. The monoisotopic (exact) mass is 327 g/mol. The van der Waals surface area contributed by atoms with Crippen molar-refractivity contribution < 1.29 is 0 Å². The minimum atomic E-state index is 0.488. The SMILES string of the molecule is Cc1cncc([C@H]2CCCN(Cc3c(C)nc4sccn34)C2)n1. The number of imidazole rings is 1. The van der Waals surface area contributed by atoms with Crippen LogP contribution in [0.2, 0.25) is 0 Å². The number of aromatic nitrogens is 4. The molecule has 1 aliphatic heterocycles. The van der Waals surface area contributed by atoms with E-state index in [9.17, 15) is 0 Å². The molecule has 3 aromatic heterocycles. The largest absolute Gasteiger partial charge is 0.297 e. The maximum Gasteiger partial charge on any atom is 0.194 e. The highest BCUT2D eigenvalue weighted by atomic mass is 32.1. The highest BCUT2D eigenvalue weighted by Gasteiger charge is 2.24. The van der Waals surface area contributed by atoms with Gasteiger partial charge in [-0.2, -0.15) is 0 Å². The Morgan fingerprint density at radius 3 is 3.04 bits per heavy atom. The molecule has 0 bridgehead atoms. The standard InChI is InChI=1S/C17H21N5S/c1-12-8-18-9-15(19-12)14-4-3-5-21(10-14)11-16-13(2)20-17-22(16)6-7-23-17/h6-9,14H,3-5,10-11H2,1-2H3/t14-/m0/s1. The second kappa shape index (κ2) is 6.02. The average Bonchev–Trinajstić information content (AvgIpc) is 3.11. The van der Waals surface area contributed by atoms with E-state index in [0.29, 0.717) is 5.92 Å². The van der Waals surface area contributed by atoms with Crippen LogP contribution in [0, 0.1) is 13.8 Å². The van der Waals surface area contributed by atoms with Gasteiger partial charge in [-0.25, -0.2) is 4.98 Å². The Morgan fingerprint density at radius 1 is 1.26 bits per heavy atom. The van der Waals surface area contributed by atoms with Gasteiger partial charge in [0.15, 0.2) is 4.96 Å². The summed E-state index contributed by atoms with van der Waals surface area (Å²) in [5, 5.41) is 2.10. The van der Waals surface area contributed by atoms with Gasteiger partial charge >= 0.3 is 0 Å². The number of thiazole rings is 1. The first-order valence-electron chi connectivity index (χ1n) is 8.12. The van der Waals surface area contributed by atoms with Crippen LogP contribution in [0.3, 0.4) is 0 Å². The van der Waals surface area contributed by atoms with Crippen LogP contribution in [-0.4, -0.2) is 37.3 Å². The quantitative estimate of drug-likeness (QED) is 0.741. The van der Waals surface area contributed by atoms with Crippen molar-refractivity contribution in [2.24, 2.45) is 0 Å². The minimum absolute atomic E-state index is 0.488. The molecule has 0 unspecified atom stereocenters. The average molecular weight is 327 g/mol. The Balaban J connectivity index is 1.53. The van der Waals surface area contributed by atoms with Gasteiger partial charge in [-0.1, -0.05) is 0 Å². The van der Waals surface area contributed by atoms with E-state index in [4.69, 9.17) is 0 Å². The molecule has 23 heavy (non-hydrogen) atoms. The van der Waals surface area contributed by atoms with E-state index in [0.717, 1.165) is 41.7 Å². The number of hydrogen-bond donors (Lipinski definition) is 0. The highest BCUT2D eigenvalue weighted by Crippen LogP contribution is 2.27. The fourth-order valence-electron chi connectivity index (χ4n) is 3.46. The van der Waals surface area contributed by atoms with Gasteiger partial charge < -0.3 is 0 Å². The van der Waals surface area contributed by atoms with Crippen LogP contribution in [0.4, 0.5) is 0 Å². The molecule has 1 saturated heterocycles. The maximum atomic E-state index is 4.68. The molecule has 0 aromatic carbocycles. The lowest BCUT2D eigenvalue weighted by Gasteiger charge is -2.32. The van der Waals surface area contributed by atoms with E-state index in [-0.39, 0.29) is 0 Å². The van der Waals surface area contributed by atoms with Gasteiger partial charge in [0.2, 0.25) is 0 Å². The number of aryl methyl sites for hydroxylation is 2. The van der Waals surface area contributed by atoms with Crippen molar-refractivity contribution in [3.05, 3.63) is 46.7 Å². The van der Waals surface area contributed by atoms with Crippen LogP contribution in [0.5, 0.6) is 0 Å². The van der Waals surface area contributed by atoms with Crippen molar-refractivity contribution in [1.29, 1.82) is 0 Å². The molecule has 1 aliphatic rings. The lowest BCUT2D eigenvalue weighted by molar-refractivity contribution is 0.195. The van der Waals surface area contributed by atoms with Crippen LogP contribution in [-0.2, 0) is 6.54 Å². The molecule has 0 aliphatic carbocycles. The Bertz CT molecular complexity index is 821. The van der Waals surface area contributed by atoms with Crippen molar-refractivity contribution >= 4 is 16.3 Å². The fraction of sp³-hybridized carbons (Fsp3) is 0.471. The lowest BCUT2D eigenvalue weighted by Crippen LogP contribution is -2.34. The summed E-state index contributed by atoms with van der Waals surface area (Å²) >= 11 is 1.70. The molecule has 1 fully saturated rings. The second-order valence-corrected chi connectivity index (χ2v) is 7.23. The van der Waals surface area contributed by atoms with Gasteiger partial charge in [-0.15, -0.1) is 11.3 Å². The van der Waals surface area contributed by atoms with Gasteiger partial charge in [-0.3, -0.25) is 19.3 Å². The summed E-state index contributed by atoms with van der Waals surface area (Å²) in [7, 11) is 0. The molecule has 4 rings (SSSR count). The third-order valence-electron chi connectivity index (χ3n) is 4.63. The van der Waals surface area contributed by atoms with Crippen LogP contribution >= 0.6 is 11.3 Å². The molecule has 3 aromatic rings. The van der Waals surface area contributed by atoms with Gasteiger partial charge in [-0.05, 0) is 33.2 Å². The summed E-state index contributed by atoms with van der Waals surface area (Å²) < 4.78 is 2.23. The van der Waals surface area contributed by atoms with E-state index >= 15 is 0 Å². The number of hydrogen-bond acceptors (Lipinski definition) is 5. The third-order valence-corrected chi connectivity index (χ3v) is 5.39. The summed E-state index contributed by atoms with van der Waals surface area (Å²) in [4.78, 5) is 17.3. The van der Waals surface area contributed by atoms with E-state index in [1.807, 2.05) is 19.3 Å². The van der Waals surface area contributed by atoms with E-state index < -0.39 is 0 Å². The normalized spacial score (nSPS) is 19.5. The molecular weight excluding hydrogens is 306 g/mol. The number of piperidine rings is 1. The van der Waals surface area contributed by atoms with Crippen LogP contribution in [0.15, 0.2) is 24.0 Å². The number of fused-ring (bicyclic) bond motifs is 1. The molecule has 6 heteroatoms. The Morgan fingerprint density at radius 2 is 2.17 bits per heavy atom. The molecule has 0 spiro atoms. The number of nitrogens with zero attached hydrogens (tertiary/aromatic N) is 5. The van der Waals surface area contributed by atoms with Crippen molar-refractivity contribution in [2.45, 2.75) is 39.2 Å². The van der Waals surface area contributed by atoms with Gasteiger partial charge in [0.25, 0.3) is 0 Å². The fourth-order valence-corrected chi connectivity index (χ4v) is 4.24. The summed E-state index contributed by atoms with van der Waals surface area (Å²) in [5.74, 6) is 0.488. The van der Waals surface area contributed by atoms with Crippen molar-refractivity contribution in [3.8, 4) is 0 Å². The first-order chi connectivity index (χ1) is 11.2. The molecule has 5 nitrogen and oxygen atoms in total. The maximum absolute atomic E-state index is 4.68. The summed E-state index contributed by atoms with van der Waals surface area (Å²) in [6.45, 7) is 7.28. The van der Waals surface area contributed by atoms with Gasteiger partial charge in [0.05, 0.1) is 22.8 Å². The zero-order valence-corrected chi connectivity index (χ0v) is 14.4. The highest BCUT2D eigenvalue weighted by molar-refractivity contribution is 7.15. The Labute approximate surface area is 140 Å². The zero-order valence-electron chi connectivity index (χ0n) is 13.6. The van der Waals surface area contributed by atoms with Crippen LogP contribution in [0.1, 0.15) is 41.5 Å².